The number of fused-ring (bicyclic) bond motifs is 1. The number of hydrogen-bond donors (Lipinski definition) is 0. The highest BCUT2D eigenvalue weighted by molar-refractivity contribution is 6.12. The highest BCUT2D eigenvalue weighted by atomic mass is 16.5. The summed E-state index contributed by atoms with van der Waals surface area (Å²) >= 11 is 0. The van der Waals surface area contributed by atoms with Crippen LogP contribution in [0.1, 0.15) is 23.7 Å². The molecule has 0 bridgehead atoms. The molecule has 0 radical (unpaired) electrons. The lowest BCUT2D eigenvalue weighted by Crippen LogP contribution is -2.17. The summed E-state index contributed by atoms with van der Waals surface area (Å²) in [6.45, 7) is 1.72. The summed E-state index contributed by atoms with van der Waals surface area (Å²) in [5.74, 6) is -0.448. The van der Waals surface area contributed by atoms with Gasteiger partial charge in [-0.25, -0.2) is 0 Å². The molecule has 2 aromatic rings. The zero-order valence-corrected chi connectivity index (χ0v) is 12.4. The molecule has 1 unspecified atom stereocenters. The average Bonchev–Trinajstić information content (AvgIpc) is 2.52. The minimum absolute atomic E-state index is 0.0573. The van der Waals surface area contributed by atoms with Gasteiger partial charge in [0.05, 0.1) is 26.2 Å². The van der Waals surface area contributed by atoms with E-state index in [-0.39, 0.29) is 12.2 Å². The van der Waals surface area contributed by atoms with E-state index in [0.717, 1.165) is 10.8 Å². The first-order valence-corrected chi connectivity index (χ1v) is 6.75. The van der Waals surface area contributed by atoms with Crippen LogP contribution in [0.25, 0.3) is 10.8 Å². The topological polar surface area (TPSA) is 52.6 Å². The number of hydrogen-bond acceptors (Lipinski definition) is 4. The summed E-state index contributed by atoms with van der Waals surface area (Å²) < 4.78 is 9.95. The Bertz CT molecular complexity index is 676. The first-order chi connectivity index (χ1) is 10.1. The van der Waals surface area contributed by atoms with Crippen molar-refractivity contribution in [1.82, 2.24) is 0 Å². The van der Waals surface area contributed by atoms with Gasteiger partial charge in [0.25, 0.3) is 0 Å². The molecular formula is C17H18O4. The Morgan fingerprint density at radius 2 is 1.81 bits per heavy atom. The molecule has 0 amide bonds. The fourth-order valence-electron chi connectivity index (χ4n) is 2.35. The number of ketones is 1. The summed E-state index contributed by atoms with van der Waals surface area (Å²) in [6, 6.07) is 11.3. The van der Waals surface area contributed by atoms with E-state index in [9.17, 15) is 9.59 Å². The monoisotopic (exact) mass is 286 g/mol. The first-order valence-electron chi connectivity index (χ1n) is 6.75. The Balaban J connectivity index is 2.48. The van der Waals surface area contributed by atoms with Gasteiger partial charge in [-0.1, -0.05) is 37.3 Å². The summed E-state index contributed by atoms with van der Waals surface area (Å²) in [7, 11) is 2.85. The van der Waals surface area contributed by atoms with Gasteiger partial charge in [-0.05, 0) is 16.8 Å². The lowest BCUT2D eigenvalue weighted by molar-refractivity contribution is -0.141. The van der Waals surface area contributed by atoms with E-state index in [1.54, 1.807) is 13.0 Å². The van der Waals surface area contributed by atoms with Crippen molar-refractivity contribution >= 4 is 22.5 Å². The van der Waals surface area contributed by atoms with Crippen LogP contribution >= 0.6 is 0 Å². The maximum absolute atomic E-state index is 12.7. The van der Waals surface area contributed by atoms with Crippen molar-refractivity contribution in [2.45, 2.75) is 13.3 Å². The summed E-state index contributed by atoms with van der Waals surface area (Å²) in [5.41, 5.74) is 0.520. The van der Waals surface area contributed by atoms with Crippen LogP contribution in [0, 0.1) is 5.92 Å². The second-order valence-corrected chi connectivity index (χ2v) is 4.91. The first kappa shape index (κ1) is 15.0. The van der Waals surface area contributed by atoms with Gasteiger partial charge in [0.2, 0.25) is 0 Å². The van der Waals surface area contributed by atoms with Crippen LogP contribution in [0.4, 0.5) is 0 Å². The van der Waals surface area contributed by atoms with Gasteiger partial charge in [0, 0.05) is 5.92 Å². The molecule has 0 aliphatic carbocycles. The summed E-state index contributed by atoms with van der Waals surface area (Å²) in [6.07, 6.45) is 0.0573. The molecule has 0 aromatic heterocycles. The third kappa shape index (κ3) is 3.05. The Morgan fingerprint density at radius 1 is 1.10 bits per heavy atom. The molecule has 0 saturated carbocycles. The second kappa shape index (κ2) is 6.39. The average molecular weight is 286 g/mol. The van der Waals surface area contributed by atoms with Gasteiger partial charge >= 0.3 is 5.97 Å². The lowest BCUT2D eigenvalue weighted by atomic mass is 9.92. The van der Waals surface area contributed by atoms with Gasteiger partial charge in [-0.15, -0.1) is 0 Å². The molecular weight excluding hydrogens is 268 g/mol. The van der Waals surface area contributed by atoms with E-state index in [0.29, 0.717) is 11.3 Å². The molecule has 0 saturated heterocycles. The largest absolute Gasteiger partial charge is 0.496 e. The number of Topliss-reactive ketones (excluding diaryl/α,β-unsaturated/α-hetero) is 1. The van der Waals surface area contributed by atoms with E-state index in [1.165, 1.54) is 14.2 Å². The zero-order valence-electron chi connectivity index (χ0n) is 12.4. The van der Waals surface area contributed by atoms with Crippen LogP contribution in [0.5, 0.6) is 5.75 Å². The standard InChI is InChI=1S/C17H18O4/c1-11(10-15(18)21-3)17(19)16-13-7-5-4-6-12(13)8-9-14(16)20-2/h4-9,11H,10H2,1-3H3. The quantitative estimate of drug-likeness (QED) is 0.625. The van der Waals surface area contributed by atoms with E-state index >= 15 is 0 Å². The number of rotatable bonds is 5. The second-order valence-electron chi connectivity index (χ2n) is 4.91. The highest BCUT2D eigenvalue weighted by Crippen LogP contribution is 2.30. The van der Waals surface area contributed by atoms with Crippen molar-refractivity contribution in [3.05, 3.63) is 42.0 Å². The van der Waals surface area contributed by atoms with Gasteiger partial charge < -0.3 is 9.47 Å². The minimum atomic E-state index is -0.461. The van der Waals surface area contributed by atoms with E-state index in [1.807, 2.05) is 30.3 Å². The smallest absolute Gasteiger partial charge is 0.306 e. The van der Waals surface area contributed by atoms with E-state index in [2.05, 4.69) is 4.74 Å². The molecule has 0 spiro atoms. The predicted molar refractivity (Wildman–Crippen MR) is 80.6 cm³/mol. The molecule has 0 fully saturated rings. The molecule has 1 atom stereocenters. The SMILES string of the molecule is COC(=O)CC(C)C(=O)c1c(OC)ccc2ccccc12. The number of benzene rings is 2. The number of ether oxygens (including phenoxy) is 2. The van der Waals surface area contributed by atoms with Gasteiger partial charge in [-0.2, -0.15) is 0 Å². The highest BCUT2D eigenvalue weighted by Gasteiger charge is 2.24. The number of esters is 1. The van der Waals surface area contributed by atoms with Crippen LogP contribution in [0.3, 0.4) is 0 Å². The Morgan fingerprint density at radius 3 is 2.48 bits per heavy atom. The van der Waals surface area contributed by atoms with Crippen molar-refractivity contribution in [3.8, 4) is 5.75 Å². The normalized spacial score (nSPS) is 12.0. The third-order valence-electron chi connectivity index (χ3n) is 3.51. The van der Waals surface area contributed by atoms with Crippen LogP contribution in [0.15, 0.2) is 36.4 Å². The molecule has 4 nitrogen and oxygen atoms in total. The predicted octanol–water partition coefficient (Wildman–Crippen LogP) is 3.23. The van der Waals surface area contributed by atoms with Crippen LogP contribution < -0.4 is 4.74 Å². The van der Waals surface area contributed by atoms with Gasteiger partial charge in [-0.3, -0.25) is 9.59 Å². The maximum Gasteiger partial charge on any atom is 0.306 e. The number of carbonyl (C=O) groups excluding carboxylic acids is 2. The maximum atomic E-state index is 12.7. The number of carbonyl (C=O) groups is 2. The molecule has 0 aliphatic rings. The van der Waals surface area contributed by atoms with Crippen molar-refractivity contribution in [3.63, 3.8) is 0 Å². The van der Waals surface area contributed by atoms with Crippen molar-refractivity contribution < 1.29 is 19.1 Å². The molecule has 2 aromatic carbocycles. The molecule has 0 heterocycles. The van der Waals surface area contributed by atoms with E-state index in [4.69, 9.17) is 4.74 Å². The van der Waals surface area contributed by atoms with E-state index < -0.39 is 11.9 Å². The fraction of sp³-hybridized carbons (Fsp3) is 0.294. The molecule has 0 N–H and O–H groups in total. The Hall–Kier alpha value is -2.36. The van der Waals surface area contributed by atoms with Crippen molar-refractivity contribution in [2.75, 3.05) is 14.2 Å². The number of methoxy groups -OCH3 is 2. The van der Waals surface area contributed by atoms with Gasteiger partial charge in [0.15, 0.2) is 5.78 Å². The van der Waals surface area contributed by atoms with Crippen LogP contribution in [-0.2, 0) is 9.53 Å². The Labute approximate surface area is 123 Å². The molecule has 21 heavy (non-hydrogen) atoms. The van der Waals surface area contributed by atoms with Crippen molar-refractivity contribution in [1.29, 1.82) is 0 Å². The van der Waals surface area contributed by atoms with Crippen molar-refractivity contribution in [2.24, 2.45) is 5.92 Å². The van der Waals surface area contributed by atoms with Crippen LogP contribution in [0.2, 0.25) is 0 Å². The fourth-order valence-corrected chi connectivity index (χ4v) is 2.35. The lowest BCUT2D eigenvalue weighted by Gasteiger charge is -2.14. The third-order valence-corrected chi connectivity index (χ3v) is 3.51. The summed E-state index contributed by atoms with van der Waals surface area (Å²) in [4.78, 5) is 24.1. The molecule has 4 heteroatoms. The molecule has 0 aliphatic heterocycles. The van der Waals surface area contributed by atoms with Gasteiger partial charge in [0.1, 0.15) is 5.75 Å². The Kier molecular flexibility index (Phi) is 4.58. The molecule has 2 rings (SSSR count). The van der Waals surface area contributed by atoms with Crippen LogP contribution in [-0.4, -0.2) is 26.0 Å². The molecule has 110 valence electrons. The minimum Gasteiger partial charge on any atom is -0.496 e. The zero-order chi connectivity index (χ0) is 15.4. The summed E-state index contributed by atoms with van der Waals surface area (Å²) in [5, 5.41) is 1.80.